The van der Waals surface area contributed by atoms with E-state index in [0.29, 0.717) is 37.8 Å². The van der Waals surface area contributed by atoms with Gasteiger partial charge < -0.3 is 20.1 Å². The first-order valence-electron chi connectivity index (χ1n) is 8.89. The summed E-state index contributed by atoms with van der Waals surface area (Å²) in [5.74, 6) is -1.64. The average molecular weight is 384 g/mol. The highest BCUT2D eigenvalue weighted by Gasteiger charge is 2.25. The molecule has 1 saturated heterocycles. The van der Waals surface area contributed by atoms with Crippen molar-refractivity contribution in [2.24, 2.45) is 0 Å². The summed E-state index contributed by atoms with van der Waals surface area (Å²) in [5.41, 5.74) is 1.40. The number of urea groups is 1. The van der Waals surface area contributed by atoms with Gasteiger partial charge in [0, 0.05) is 49.5 Å². The van der Waals surface area contributed by atoms with Gasteiger partial charge in [-0.1, -0.05) is 6.07 Å². The van der Waals surface area contributed by atoms with Gasteiger partial charge in [0.15, 0.2) is 0 Å². The van der Waals surface area contributed by atoms with Crippen LogP contribution in [0.25, 0.3) is 10.9 Å². The van der Waals surface area contributed by atoms with Crippen LogP contribution in [0.4, 0.5) is 19.3 Å². The Bertz CT molecular complexity index is 1040. The van der Waals surface area contributed by atoms with E-state index in [0.717, 1.165) is 17.0 Å². The van der Waals surface area contributed by atoms with E-state index in [9.17, 15) is 18.4 Å². The second-order valence-corrected chi connectivity index (χ2v) is 6.61. The van der Waals surface area contributed by atoms with Crippen LogP contribution in [0.2, 0.25) is 0 Å². The van der Waals surface area contributed by atoms with Crippen LogP contribution in [-0.2, 0) is 0 Å². The molecule has 1 aromatic heterocycles. The molecule has 0 aliphatic carbocycles. The molecule has 0 saturated carbocycles. The molecule has 2 heterocycles. The summed E-state index contributed by atoms with van der Waals surface area (Å²) in [6.07, 6.45) is 1.82. The van der Waals surface area contributed by atoms with Crippen molar-refractivity contribution < 1.29 is 18.4 Å². The van der Waals surface area contributed by atoms with E-state index in [-0.39, 0.29) is 11.6 Å². The Hall–Kier alpha value is -3.42. The molecule has 28 heavy (non-hydrogen) atoms. The molecule has 1 aliphatic rings. The zero-order valence-corrected chi connectivity index (χ0v) is 14.9. The maximum absolute atomic E-state index is 13.7. The number of halogens is 2. The molecule has 6 nitrogen and oxygen atoms in total. The topological polar surface area (TPSA) is 68.4 Å². The second kappa shape index (κ2) is 7.30. The molecule has 4 rings (SSSR count). The second-order valence-electron chi connectivity index (χ2n) is 6.61. The molecule has 3 amide bonds. The number of anilines is 1. The van der Waals surface area contributed by atoms with Gasteiger partial charge in [-0.2, -0.15) is 0 Å². The minimum absolute atomic E-state index is 0.0795. The molecule has 1 fully saturated rings. The number of fused-ring (bicyclic) bond motifs is 1. The molecule has 2 aromatic carbocycles. The lowest BCUT2D eigenvalue weighted by atomic mass is 10.1. The van der Waals surface area contributed by atoms with Crippen LogP contribution in [0, 0.1) is 11.6 Å². The van der Waals surface area contributed by atoms with Crippen molar-refractivity contribution >= 4 is 28.5 Å². The van der Waals surface area contributed by atoms with Crippen molar-refractivity contribution in [1.82, 2.24) is 14.8 Å². The molecule has 0 spiro atoms. The first kappa shape index (κ1) is 18.0. The number of aromatic nitrogens is 1. The third kappa shape index (κ3) is 3.53. The van der Waals surface area contributed by atoms with Crippen LogP contribution in [0.3, 0.4) is 0 Å². The zero-order chi connectivity index (χ0) is 19.7. The van der Waals surface area contributed by atoms with Gasteiger partial charge in [0.05, 0.1) is 5.69 Å². The number of nitrogens with zero attached hydrogens (tertiary/aromatic N) is 2. The normalized spacial score (nSPS) is 14.4. The molecule has 0 radical (unpaired) electrons. The maximum Gasteiger partial charge on any atom is 0.322 e. The van der Waals surface area contributed by atoms with Gasteiger partial charge in [-0.25, -0.2) is 13.6 Å². The highest BCUT2D eigenvalue weighted by Crippen LogP contribution is 2.18. The van der Waals surface area contributed by atoms with Gasteiger partial charge in [0.2, 0.25) is 0 Å². The predicted molar refractivity (Wildman–Crippen MR) is 101 cm³/mol. The van der Waals surface area contributed by atoms with Gasteiger partial charge in [0.1, 0.15) is 11.6 Å². The van der Waals surface area contributed by atoms with Crippen molar-refractivity contribution in [3.63, 3.8) is 0 Å². The fourth-order valence-electron chi connectivity index (χ4n) is 3.26. The summed E-state index contributed by atoms with van der Waals surface area (Å²) in [6, 6.07) is 9.92. The molecule has 0 unspecified atom stereocenters. The molecule has 2 N–H and O–H groups in total. The summed E-state index contributed by atoms with van der Waals surface area (Å²) in [6.45, 7) is 1.40. The first-order chi connectivity index (χ1) is 13.5. The number of piperazine rings is 1. The van der Waals surface area contributed by atoms with Crippen LogP contribution in [0.15, 0.2) is 48.7 Å². The number of aromatic amines is 1. The van der Waals surface area contributed by atoms with Crippen molar-refractivity contribution in [2.45, 2.75) is 0 Å². The van der Waals surface area contributed by atoms with Crippen molar-refractivity contribution in [3.8, 4) is 0 Å². The Kier molecular flexibility index (Phi) is 4.68. The van der Waals surface area contributed by atoms with E-state index in [2.05, 4.69) is 10.3 Å². The quantitative estimate of drug-likeness (QED) is 0.711. The van der Waals surface area contributed by atoms with Crippen molar-refractivity contribution in [2.75, 3.05) is 31.5 Å². The molecular weight excluding hydrogens is 366 g/mol. The molecule has 144 valence electrons. The number of rotatable bonds is 2. The van der Waals surface area contributed by atoms with Gasteiger partial charge in [-0.05, 0) is 35.7 Å². The first-order valence-corrected chi connectivity index (χ1v) is 8.89. The summed E-state index contributed by atoms with van der Waals surface area (Å²) in [7, 11) is 0. The van der Waals surface area contributed by atoms with Gasteiger partial charge in [0.25, 0.3) is 5.91 Å². The van der Waals surface area contributed by atoms with E-state index in [4.69, 9.17) is 0 Å². The Morgan fingerprint density at radius 2 is 1.68 bits per heavy atom. The standard InChI is InChI=1S/C20H18F2N4O2/c21-15-3-4-17(16(22)12-15)24-20(28)26-9-7-25(8-10-26)19(27)14-2-1-13-5-6-23-18(13)11-14/h1-6,11-12,23H,7-10H2,(H,24,28). The summed E-state index contributed by atoms with van der Waals surface area (Å²) in [4.78, 5) is 31.3. The van der Waals surface area contributed by atoms with Crippen LogP contribution in [-0.4, -0.2) is 52.9 Å². The summed E-state index contributed by atoms with van der Waals surface area (Å²) >= 11 is 0. The maximum atomic E-state index is 13.7. The lowest BCUT2D eigenvalue weighted by Crippen LogP contribution is -2.51. The van der Waals surface area contributed by atoms with Crippen LogP contribution in [0.5, 0.6) is 0 Å². The van der Waals surface area contributed by atoms with Gasteiger partial charge >= 0.3 is 6.03 Å². The lowest BCUT2D eigenvalue weighted by Gasteiger charge is -2.34. The SMILES string of the molecule is O=C(Nc1ccc(F)cc1F)N1CCN(C(=O)c2ccc3cc[nH]c3c2)CC1. The minimum Gasteiger partial charge on any atom is -0.361 e. The number of carbonyl (C=O) groups excluding carboxylic acids is 2. The molecule has 3 aromatic rings. The van der Waals surface area contributed by atoms with E-state index >= 15 is 0 Å². The Morgan fingerprint density at radius 3 is 2.43 bits per heavy atom. The number of nitrogens with one attached hydrogen (secondary N) is 2. The predicted octanol–water partition coefficient (Wildman–Crippen LogP) is 3.44. The zero-order valence-electron chi connectivity index (χ0n) is 14.9. The van der Waals surface area contributed by atoms with Crippen molar-refractivity contribution in [1.29, 1.82) is 0 Å². The third-order valence-electron chi connectivity index (χ3n) is 4.83. The number of hydrogen-bond donors (Lipinski definition) is 2. The number of benzene rings is 2. The van der Waals surface area contributed by atoms with Gasteiger partial charge in [-0.3, -0.25) is 4.79 Å². The summed E-state index contributed by atoms with van der Waals surface area (Å²) in [5, 5.41) is 3.47. The number of H-pyrrole nitrogens is 1. The van der Waals surface area contributed by atoms with Crippen LogP contribution >= 0.6 is 0 Å². The highest BCUT2D eigenvalue weighted by molar-refractivity contribution is 5.98. The molecule has 0 atom stereocenters. The minimum atomic E-state index is -0.832. The van der Waals surface area contributed by atoms with Crippen molar-refractivity contribution in [3.05, 3.63) is 65.9 Å². The third-order valence-corrected chi connectivity index (χ3v) is 4.83. The molecule has 0 bridgehead atoms. The van der Waals surface area contributed by atoms with E-state index in [1.165, 1.54) is 11.0 Å². The van der Waals surface area contributed by atoms with E-state index in [1.54, 1.807) is 11.0 Å². The summed E-state index contributed by atoms with van der Waals surface area (Å²) < 4.78 is 26.7. The number of hydrogen-bond acceptors (Lipinski definition) is 2. The fourth-order valence-corrected chi connectivity index (χ4v) is 3.26. The Labute approximate surface area is 159 Å². The van der Waals surface area contributed by atoms with Gasteiger partial charge in [-0.15, -0.1) is 0 Å². The monoisotopic (exact) mass is 384 g/mol. The van der Waals surface area contributed by atoms with Crippen LogP contribution in [0.1, 0.15) is 10.4 Å². The molecular formula is C20H18F2N4O2. The number of amides is 3. The Morgan fingerprint density at radius 1 is 0.929 bits per heavy atom. The fraction of sp³-hybridized carbons (Fsp3) is 0.200. The Balaban J connectivity index is 1.37. The smallest absolute Gasteiger partial charge is 0.322 e. The largest absolute Gasteiger partial charge is 0.361 e. The van der Waals surface area contributed by atoms with Crippen LogP contribution < -0.4 is 5.32 Å². The molecule has 8 heteroatoms. The van der Waals surface area contributed by atoms with E-state index in [1.807, 2.05) is 24.4 Å². The number of carbonyl (C=O) groups is 2. The average Bonchev–Trinajstić information content (AvgIpc) is 3.17. The molecule has 1 aliphatic heterocycles. The highest BCUT2D eigenvalue weighted by atomic mass is 19.1. The van der Waals surface area contributed by atoms with E-state index < -0.39 is 17.7 Å². The lowest BCUT2D eigenvalue weighted by molar-refractivity contribution is 0.0672.